The van der Waals surface area contributed by atoms with Gasteiger partial charge in [-0.1, -0.05) is 49.2 Å². The molecule has 0 N–H and O–H groups in total. The number of ether oxygens (including phenoxy) is 1. The number of hydrogen-bond donors (Lipinski definition) is 0. The second-order valence-corrected chi connectivity index (χ2v) is 12.0. The quantitative estimate of drug-likeness (QED) is 0.259. The number of hydrogen-bond acceptors (Lipinski definition) is 5. The molecule has 196 valence electrons. The maximum atomic E-state index is 13.0. The lowest BCUT2D eigenvalue weighted by Gasteiger charge is -2.22. The van der Waals surface area contributed by atoms with Crippen LogP contribution in [0.5, 0.6) is 5.75 Å². The van der Waals surface area contributed by atoms with Gasteiger partial charge in [0.15, 0.2) is 0 Å². The van der Waals surface area contributed by atoms with E-state index in [-0.39, 0.29) is 12.5 Å². The minimum atomic E-state index is -0.438. The first kappa shape index (κ1) is 27.0. The zero-order chi connectivity index (χ0) is 26.6. The van der Waals surface area contributed by atoms with Crippen molar-refractivity contribution < 1.29 is 19.1 Å². The van der Waals surface area contributed by atoms with E-state index in [1.54, 1.807) is 11.0 Å². The second-order valence-electron chi connectivity index (χ2n) is 9.35. The van der Waals surface area contributed by atoms with Crippen LogP contribution in [0.1, 0.15) is 36.8 Å². The predicted molar refractivity (Wildman–Crippen MR) is 158 cm³/mol. The van der Waals surface area contributed by atoms with E-state index in [9.17, 15) is 14.4 Å². The van der Waals surface area contributed by atoms with Crippen molar-refractivity contribution in [3.05, 3.63) is 79.6 Å². The molecule has 3 aromatic rings. The summed E-state index contributed by atoms with van der Waals surface area (Å²) in [5.41, 5.74) is 1.78. The average molecular weight is 658 g/mol. The summed E-state index contributed by atoms with van der Waals surface area (Å²) in [5.74, 6) is 0.0346. The van der Waals surface area contributed by atoms with Crippen molar-refractivity contribution in [2.45, 2.75) is 32.3 Å². The molecule has 0 unspecified atom stereocenters. The van der Waals surface area contributed by atoms with Crippen molar-refractivity contribution in [1.29, 1.82) is 0 Å². The Morgan fingerprint density at radius 2 is 1.61 bits per heavy atom. The molecule has 2 aliphatic rings. The van der Waals surface area contributed by atoms with E-state index in [4.69, 9.17) is 4.74 Å². The molecule has 0 aliphatic carbocycles. The highest BCUT2D eigenvalue weighted by atomic mass is 79.9. The van der Waals surface area contributed by atoms with Gasteiger partial charge >= 0.3 is 0 Å². The van der Waals surface area contributed by atoms with Crippen molar-refractivity contribution in [1.82, 2.24) is 9.80 Å². The van der Waals surface area contributed by atoms with Crippen LogP contribution < -0.4 is 4.74 Å². The van der Waals surface area contributed by atoms with Crippen LogP contribution in [0.2, 0.25) is 0 Å². The normalized spacial score (nSPS) is 17.4. The number of thioether (sulfide) groups is 1. The van der Waals surface area contributed by atoms with Crippen molar-refractivity contribution in [3.8, 4) is 5.75 Å². The van der Waals surface area contributed by atoms with Crippen LogP contribution in [-0.4, -0.2) is 46.5 Å². The summed E-state index contributed by atoms with van der Waals surface area (Å²) >= 11 is 8.02. The van der Waals surface area contributed by atoms with Crippen molar-refractivity contribution in [2.75, 3.05) is 19.6 Å². The molecule has 5 rings (SSSR count). The molecule has 3 amide bonds. The predicted octanol–water partition coefficient (Wildman–Crippen LogP) is 7.38. The van der Waals surface area contributed by atoms with Crippen molar-refractivity contribution >= 4 is 77.5 Å². The van der Waals surface area contributed by atoms with Gasteiger partial charge in [-0.05, 0) is 103 Å². The van der Waals surface area contributed by atoms with Crippen molar-refractivity contribution in [3.63, 3.8) is 0 Å². The summed E-state index contributed by atoms with van der Waals surface area (Å²) in [6, 6.07) is 18.1. The minimum Gasteiger partial charge on any atom is -0.487 e. The number of nitrogens with zero attached hydrogens (tertiary/aromatic N) is 2. The van der Waals surface area contributed by atoms with Crippen LogP contribution in [0.3, 0.4) is 0 Å². The van der Waals surface area contributed by atoms with E-state index in [1.807, 2.05) is 30.3 Å². The summed E-state index contributed by atoms with van der Waals surface area (Å²) in [7, 11) is 0. The highest BCUT2D eigenvalue weighted by Crippen LogP contribution is 2.38. The van der Waals surface area contributed by atoms with Gasteiger partial charge in [0.1, 0.15) is 18.9 Å². The topological polar surface area (TPSA) is 66.9 Å². The monoisotopic (exact) mass is 656 g/mol. The van der Waals surface area contributed by atoms with E-state index in [2.05, 4.69) is 56.1 Å². The number of benzene rings is 3. The Morgan fingerprint density at radius 1 is 0.921 bits per heavy atom. The smallest absolute Gasteiger partial charge is 0.294 e. The Morgan fingerprint density at radius 3 is 2.32 bits per heavy atom. The van der Waals surface area contributed by atoms with Crippen LogP contribution in [0.15, 0.2) is 68.4 Å². The number of fused-ring (bicyclic) bond motifs is 1. The van der Waals surface area contributed by atoms with E-state index < -0.39 is 11.1 Å². The van der Waals surface area contributed by atoms with Gasteiger partial charge in [-0.3, -0.25) is 19.3 Å². The molecule has 0 aromatic heterocycles. The number of carbonyl (C=O) groups excluding carboxylic acids is 3. The van der Waals surface area contributed by atoms with Crippen LogP contribution in [0, 0.1) is 0 Å². The third-order valence-corrected chi connectivity index (χ3v) is 8.73. The summed E-state index contributed by atoms with van der Waals surface area (Å²) < 4.78 is 7.54. The van der Waals surface area contributed by atoms with Gasteiger partial charge in [0.05, 0.1) is 13.9 Å². The molecule has 0 radical (unpaired) electrons. The summed E-state index contributed by atoms with van der Waals surface area (Å²) in [5, 5.41) is 1.92. The van der Waals surface area contributed by atoms with Crippen molar-refractivity contribution in [2.24, 2.45) is 0 Å². The molecule has 0 saturated carbocycles. The molecule has 0 bridgehead atoms. The van der Waals surface area contributed by atoms with Gasteiger partial charge in [0, 0.05) is 13.1 Å². The molecule has 6 nitrogen and oxygen atoms in total. The number of rotatable bonds is 6. The lowest BCUT2D eigenvalue weighted by atomic mass is 10.1. The Hall–Kier alpha value is -2.62. The standard InChI is InChI=1S/C29H26Br2N2O4S/c30-23-14-20(15-24(31)27(23)37-18-19-9-10-21-7-3-4-8-22(21)13-19)16-25-28(35)33(29(36)38-25)17-26(34)32-11-5-1-2-6-12-32/h3-4,7-10,13-16H,1-2,5-6,11-12,17-18H2. The molecule has 3 aromatic carbocycles. The largest absolute Gasteiger partial charge is 0.487 e. The number of carbonyl (C=O) groups is 3. The second kappa shape index (κ2) is 12.1. The van der Waals surface area contributed by atoms with Gasteiger partial charge in [-0.15, -0.1) is 0 Å². The maximum absolute atomic E-state index is 13.0. The first-order valence-corrected chi connectivity index (χ1v) is 14.9. The van der Waals surface area contributed by atoms with Gasteiger partial charge in [0.2, 0.25) is 5.91 Å². The molecule has 9 heteroatoms. The van der Waals surface area contributed by atoms with Gasteiger partial charge in [-0.25, -0.2) is 0 Å². The fraction of sp³-hybridized carbons (Fsp3) is 0.276. The molecule has 0 spiro atoms. The first-order chi connectivity index (χ1) is 18.4. The van der Waals surface area contributed by atoms with Crippen LogP contribution in [-0.2, 0) is 16.2 Å². The number of amides is 3. The van der Waals surface area contributed by atoms with Gasteiger partial charge < -0.3 is 9.64 Å². The average Bonchev–Trinajstić information content (AvgIpc) is 3.09. The molecule has 2 fully saturated rings. The molecule has 38 heavy (non-hydrogen) atoms. The summed E-state index contributed by atoms with van der Waals surface area (Å²) in [6.07, 6.45) is 5.79. The zero-order valence-corrected chi connectivity index (χ0v) is 24.6. The third kappa shape index (κ3) is 6.16. The Labute approximate surface area is 242 Å². The fourth-order valence-electron chi connectivity index (χ4n) is 4.63. The lowest BCUT2D eigenvalue weighted by Crippen LogP contribution is -2.42. The molecule has 0 atom stereocenters. The van der Waals surface area contributed by atoms with Crippen LogP contribution in [0.4, 0.5) is 4.79 Å². The maximum Gasteiger partial charge on any atom is 0.294 e. The molecular formula is C29H26Br2N2O4S. The van der Waals surface area contributed by atoms with Gasteiger partial charge in [-0.2, -0.15) is 0 Å². The lowest BCUT2D eigenvalue weighted by molar-refractivity contribution is -0.135. The number of likely N-dealkylation sites (tertiary alicyclic amines) is 1. The first-order valence-electron chi connectivity index (χ1n) is 12.5. The van der Waals surface area contributed by atoms with Crippen LogP contribution >= 0.6 is 43.6 Å². The molecule has 2 saturated heterocycles. The van der Waals surface area contributed by atoms with Crippen LogP contribution in [0.25, 0.3) is 16.8 Å². The number of halogens is 2. The Kier molecular flexibility index (Phi) is 8.55. The van der Waals surface area contributed by atoms with E-state index >= 15 is 0 Å². The molecule has 2 aliphatic heterocycles. The Balaban J connectivity index is 1.26. The third-order valence-electron chi connectivity index (χ3n) is 6.64. The minimum absolute atomic E-state index is 0.172. The SMILES string of the molecule is O=C(CN1C(=O)SC(=Cc2cc(Br)c(OCc3ccc4ccccc4c3)c(Br)c2)C1=O)N1CCCCCC1. The van der Waals surface area contributed by atoms with E-state index in [0.29, 0.717) is 30.4 Å². The van der Waals surface area contributed by atoms with Gasteiger partial charge in [0.25, 0.3) is 11.1 Å². The zero-order valence-electron chi connectivity index (χ0n) is 20.6. The Bertz CT molecular complexity index is 1410. The molecule has 2 heterocycles. The van der Waals surface area contributed by atoms with E-state index in [1.165, 1.54) is 5.39 Å². The fourth-order valence-corrected chi connectivity index (χ4v) is 6.92. The van der Waals surface area contributed by atoms with E-state index in [0.717, 1.165) is 67.8 Å². The highest BCUT2D eigenvalue weighted by Gasteiger charge is 2.37. The summed E-state index contributed by atoms with van der Waals surface area (Å²) in [6.45, 7) is 1.55. The highest BCUT2D eigenvalue weighted by molar-refractivity contribution is 9.11. The summed E-state index contributed by atoms with van der Waals surface area (Å²) in [4.78, 5) is 41.4. The number of imide groups is 1. The molecular weight excluding hydrogens is 632 g/mol.